The van der Waals surface area contributed by atoms with Crippen molar-refractivity contribution in [1.82, 2.24) is 20.0 Å². The van der Waals surface area contributed by atoms with E-state index in [-0.39, 0.29) is 6.42 Å². The average molecular weight is 456 g/mol. The second kappa shape index (κ2) is 8.64. The minimum Gasteiger partial charge on any atom is -0.460 e. The molecule has 2 aromatic carbocycles. The molecule has 0 saturated heterocycles. The van der Waals surface area contributed by atoms with E-state index in [1.165, 1.54) is 11.3 Å². The topological polar surface area (TPSA) is 99.0 Å². The third-order valence-electron chi connectivity index (χ3n) is 4.11. The first-order chi connectivity index (χ1) is 14.8. The molecule has 0 aliphatic carbocycles. The van der Waals surface area contributed by atoms with Crippen LogP contribution in [0.25, 0.3) is 21.3 Å². The van der Waals surface area contributed by atoms with E-state index in [2.05, 4.69) is 20.6 Å². The van der Waals surface area contributed by atoms with E-state index in [1.807, 2.05) is 41.1 Å². The predicted octanol–water partition coefficient (Wildman–Crippen LogP) is 4.46. The van der Waals surface area contributed by atoms with Gasteiger partial charge in [-0.05, 0) is 51.1 Å². The van der Waals surface area contributed by atoms with Crippen LogP contribution in [0.15, 0.2) is 46.8 Å². The summed E-state index contributed by atoms with van der Waals surface area (Å²) in [4.78, 5) is 28.6. The van der Waals surface area contributed by atoms with E-state index in [0.717, 1.165) is 25.6 Å². The minimum atomic E-state index is -0.620. The summed E-state index contributed by atoms with van der Waals surface area (Å²) >= 11 is 3.11. The summed E-state index contributed by atoms with van der Waals surface area (Å²) in [5.41, 5.74) is 2.68. The Hall–Kier alpha value is -2.98. The highest BCUT2D eigenvalue weighted by atomic mass is 32.2. The number of hydrogen-bond donors (Lipinski definition) is 1. The Morgan fingerprint density at radius 1 is 1.16 bits per heavy atom. The quantitative estimate of drug-likeness (QED) is 0.260. The number of fused-ring (bicyclic) bond motifs is 2. The van der Waals surface area contributed by atoms with Crippen LogP contribution >= 0.6 is 23.1 Å². The number of esters is 1. The van der Waals surface area contributed by atoms with Gasteiger partial charge in [0.2, 0.25) is 5.91 Å². The van der Waals surface area contributed by atoms with Crippen LogP contribution in [0.4, 0.5) is 5.69 Å². The molecule has 4 rings (SSSR count). The number of para-hydroxylation sites is 1. The van der Waals surface area contributed by atoms with Crippen molar-refractivity contribution in [2.75, 3.05) is 5.32 Å². The van der Waals surface area contributed by atoms with Crippen LogP contribution in [-0.2, 0) is 20.2 Å². The van der Waals surface area contributed by atoms with Crippen molar-refractivity contribution in [3.63, 3.8) is 0 Å². The van der Waals surface area contributed by atoms with Crippen molar-refractivity contribution in [3.05, 3.63) is 42.5 Å². The third-order valence-corrected chi connectivity index (χ3v) is 6.24. The monoisotopic (exact) mass is 455 g/mol. The SMILES string of the molecule is CC(C)(C)OC(=O)CC(=O)Nc1ccc2nc(SCn3nnc4ccccc43)sc2c1. The second-order valence-electron chi connectivity index (χ2n) is 7.82. The van der Waals surface area contributed by atoms with Crippen LogP contribution in [-0.4, -0.2) is 37.5 Å². The van der Waals surface area contributed by atoms with Crippen LogP contribution in [0, 0.1) is 0 Å². The first-order valence-electron chi connectivity index (χ1n) is 9.60. The highest BCUT2D eigenvalue weighted by molar-refractivity contribution is 8.00. The Morgan fingerprint density at radius 3 is 2.77 bits per heavy atom. The number of benzene rings is 2. The third kappa shape index (κ3) is 5.39. The number of ether oxygens (including phenoxy) is 1. The lowest BCUT2D eigenvalue weighted by Gasteiger charge is -2.19. The maximum atomic E-state index is 12.1. The lowest BCUT2D eigenvalue weighted by atomic mass is 10.2. The van der Waals surface area contributed by atoms with Crippen molar-refractivity contribution in [2.45, 2.75) is 43.0 Å². The van der Waals surface area contributed by atoms with Gasteiger partial charge in [-0.25, -0.2) is 9.67 Å². The fourth-order valence-electron chi connectivity index (χ4n) is 2.89. The average Bonchev–Trinajstić information content (AvgIpc) is 3.27. The molecule has 10 heteroatoms. The number of thiazole rings is 1. The van der Waals surface area contributed by atoms with Crippen molar-refractivity contribution in [3.8, 4) is 0 Å². The number of nitrogens with one attached hydrogen (secondary N) is 1. The van der Waals surface area contributed by atoms with Gasteiger partial charge in [0, 0.05) is 5.69 Å². The Balaban J connectivity index is 1.40. The molecule has 1 N–H and O–H groups in total. The molecule has 1 amide bonds. The Bertz CT molecular complexity index is 1260. The van der Waals surface area contributed by atoms with Gasteiger partial charge in [0.1, 0.15) is 17.5 Å². The maximum absolute atomic E-state index is 12.1. The van der Waals surface area contributed by atoms with Crippen molar-refractivity contribution < 1.29 is 14.3 Å². The van der Waals surface area contributed by atoms with Crippen LogP contribution in [0.3, 0.4) is 0 Å². The van der Waals surface area contributed by atoms with E-state index in [4.69, 9.17) is 4.74 Å². The van der Waals surface area contributed by atoms with E-state index >= 15 is 0 Å². The lowest BCUT2D eigenvalue weighted by Crippen LogP contribution is -2.27. The molecule has 31 heavy (non-hydrogen) atoms. The van der Waals surface area contributed by atoms with Gasteiger partial charge in [0.05, 0.1) is 21.6 Å². The van der Waals surface area contributed by atoms with Gasteiger partial charge >= 0.3 is 5.97 Å². The van der Waals surface area contributed by atoms with Gasteiger partial charge in [-0.15, -0.1) is 16.4 Å². The van der Waals surface area contributed by atoms with Crippen molar-refractivity contribution >= 4 is 61.9 Å². The van der Waals surface area contributed by atoms with Gasteiger partial charge in [-0.2, -0.15) is 0 Å². The molecule has 0 atom stereocenters. The van der Waals surface area contributed by atoms with Crippen LogP contribution in [0.1, 0.15) is 27.2 Å². The molecule has 160 valence electrons. The van der Waals surface area contributed by atoms with Crippen molar-refractivity contribution in [1.29, 1.82) is 0 Å². The molecule has 0 aliphatic rings. The number of thioether (sulfide) groups is 1. The summed E-state index contributed by atoms with van der Waals surface area (Å²) in [6, 6.07) is 13.3. The summed E-state index contributed by atoms with van der Waals surface area (Å²) in [5, 5.41) is 11.1. The number of carbonyl (C=O) groups is 2. The van der Waals surface area contributed by atoms with Gasteiger partial charge in [-0.3, -0.25) is 9.59 Å². The molecule has 0 spiro atoms. The van der Waals surface area contributed by atoms with Crippen LogP contribution < -0.4 is 5.32 Å². The lowest BCUT2D eigenvalue weighted by molar-refractivity contribution is -0.155. The summed E-state index contributed by atoms with van der Waals surface area (Å²) < 4.78 is 8.86. The zero-order valence-electron chi connectivity index (χ0n) is 17.3. The van der Waals surface area contributed by atoms with E-state index in [9.17, 15) is 9.59 Å². The zero-order valence-corrected chi connectivity index (χ0v) is 18.9. The molecule has 0 fully saturated rings. The standard InChI is InChI=1S/C21H21N5O3S2/c1-21(2,3)29-19(28)11-18(27)22-13-8-9-15-17(10-13)31-20(23-15)30-12-26-16-7-5-4-6-14(16)24-25-26/h4-10H,11-12H2,1-3H3,(H,22,27). The second-order valence-corrected chi connectivity index (χ2v) is 10.0. The van der Waals surface area contributed by atoms with E-state index in [0.29, 0.717) is 11.6 Å². The molecule has 0 radical (unpaired) electrons. The smallest absolute Gasteiger partial charge is 0.315 e. The molecule has 0 unspecified atom stereocenters. The maximum Gasteiger partial charge on any atom is 0.315 e. The number of hydrogen-bond acceptors (Lipinski definition) is 8. The summed E-state index contributed by atoms with van der Waals surface area (Å²) in [6.45, 7) is 5.30. The fraction of sp³-hybridized carbons (Fsp3) is 0.286. The minimum absolute atomic E-state index is 0.328. The normalized spacial score (nSPS) is 11.7. The van der Waals surface area contributed by atoms with Crippen LogP contribution in [0.5, 0.6) is 0 Å². The number of rotatable bonds is 6. The zero-order chi connectivity index (χ0) is 22.0. The Labute approximate surface area is 187 Å². The van der Waals surface area contributed by atoms with Gasteiger partial charge in [-0.1, -0.05) is 29.1 Å². The van der Waals surface area contributed by atoms with Crippen molar-refractivity contribution in [2.24, 2.45) is 0 Å². The highest BCUT2D eigenvalue weighted by Crippen LogP contribution is 2.32. The molecule has 2 aromatic heterocycles. The van der Waals surface area contributed by atoms with Gasteiger partial charge in [0.25, 0.3) is 0 Å². The van der Waals surface area contributed by atoms with Gasteiger partial charge in [0.15, 0.2) is 4.34 Å². The molecule has 0 bridgehead atoms. The number of carbonyl (C=O) groups excluding carboxylic acids is 2. The molecule has 0 aliphatic heterocycles. The first-order valence-corrected chi connectivity index (χ1v) is 11.4. The Morgan fingerprint density at radius 2 is 1.97 bits per heavy atom. The van der Waals surface area contributed by atoms with E-state index in [1.54, 1.807) is 38.6 Å². The molecular formula is C21H21N5O3S2. The number of nitrogens with zero attached hydrogens (tertiary/aromatic N) is 4. The Kier molecular flexibility index (Phi) is 5.92. The molecule has 2 heterocycles. The first kappa shape index (κ1) is 21.3. The van der Waals surface area contributed by atoms with E-state index < -0.39 is 17.5 Å². The van der Waals surface area contributed by atoms with Gasteiger partial charge < -0.3 is 10.1 Å². The molecular weight excluding hydrogens is 434 g/mol. The highest BCUT2D eigenvalue weighted by Gasteiger charge is 2.19. The summed E-state index contributed by atoms with van der Waals surface area (Å²) in [5.74, 6) is -0.367. The summed E-state index contributed by atoms with van der Waals surface area (Å²) in [7, 11) is 0. The number of amides is 1. The fourth-order valence-corrected chi connectivity index (χ4v) is 4.87. The molecule has 8 nitrogen and oxygen atoms in total. The molecule has 0 saturated carbocycles. The largest absolute Gasteiger partial charge is 0.460 e. The van der Waals surface area contributed by atoms with Crippen LogP contribution in [0.2, 0.25) is 0 Å². The molecule has 4 aromatic rings. The summed E-state index contributed by atoms with van der Waals surface area (Å²) in [6.07, 6.45) is -0.328. The number of aromatic nitrogens is 4. The number of anilines is 1. The predicted molar refractivity (Wildman–Crippen MR) is 122 cm³/mol.